The van der Waals surface area contributed by atoms with Crippen molar-refractivity contribution in [3.8, 4) is 11.5 Å². The molecule has 1 aromatic rings. The summed E-state index contributed by atoms with van der Waals surface area (Å²) in [5.41, 5.74) is 2.35. The van der Waals surface area contributed by atoms with Gasteiger partial charge in [-0.1, -0.05) is 0 Å². The fourth-order valence-corrected chi connectivity index (χ4v) is 2.02. The summed E-state index contributed by atoms with van der Waals surface area (Å²) in [6, 6.07) is 0. The summed E-state index contributed by atoms with van der Waals surface area (Å²) in [4.78, 5) is 11.1. The Hall–Kier alpha value is -1.75. The molecule has 5 heteroatoms. The van der Waals surface area contributed by atoms with E-state index in [1.54, 1.807) is 20.8 Å². The molecule has 0 amide bonds. The highest BCUT2D eigenvalue weighted by Gasteiger charge is 2.20. The fourth-order valence-electron chi connectivity index (χ4n) is 2.02. The second-order valence-corrected chi connectivity index (χ2v) is 4.63. The van der Waals surface area contributed by atoms with Gasteiger partial charge in [0.05, 0.1) is 7.11 Å². The number of methoxy groups -OCH3 is 1. The average molecular weight is 268 g/mol. The van der Waals surface area contributed by atoms with Gasteiger partial charge in [0.1, 0.15) is 11.5 Å². The maximum Gasteiger partial charge on any atom is 0.334 e. The Labute approximate surface area is 112 Å². The van der Waals surface area contributed by atoms with Crippen molar-refractivity contribution in [3.63, 3.8) is 0 Å². The van der Waals surface area contributed by atoms with E-state index < -0.39 is 12.1 Å². The molecule has 1 atom stereocenters. The first-order valence-corrected chi connectivity index (χ1v) is 6.07. The Kier molecular flexibility index (Phi) is 4.78. The maximum absolute atomic E-state index is 11.1. The predicted molar refractivity (Wildman–Crippen MR) is 70.3 cm³/mol. The summed E-state index contributed by atoms with van der Waals surface area (Å²) in [6.07, 6.45) is -0.821. The molecule has 0 radical (unpaired) electrons. The van der Waals surface area contributed by atoms with Crippen LogP contribution in [-0.4, -0.2) is 34.5 Å². The largest absolute Gasteiger partial charge is 0.507 e. The van der Waals surface area contributed by atoms with E-state index in [2.05, 4.69) is 4.74 Å². The molecule has 19 heavy (non-hydrogen) atoms. The van der Waals surface area contributed by atoms with E-state index >= 15 is 0 Å². The normalized spacial score (nSPS) is 12.3. The van der Waals surface area contributed by atoms with Crippen LogP contribution in [0.5, 0.6) is 11.5 Å². The van der Waals surface area contributed by atoms with E-state index in [0.717, 1.165) is 0 Å². The highest BCUT2D eigenvalue weighted by Crippen LogP contribution is 2.36. The van der Waals surface area contributed by atoms with Crippen molar-refractivity contribution in [2.24, 2.45) is 0 Å². The topological polar surface area (TPSA) is 87.0 Å². The first-order valence-electron chi connectivity index (χ1n) is 6.07. The summed E-state index contributed by atoms with van der Waals surface area (Å²) in [6.45, 7) is 5.13. The highest BCUT2D eigenvalue weighted by molar-refractivity contribution is 5.74. The number of phenolic OH excluding ortho intramolecular Hbond substituents is 2. The molecule has 0 aliphatic carbocycles. The molecule has 0 fully saturated rings. The maximum atomic E-state index is 11.1. The van der Waals surface area contributed by atoms with Crippen LogP contribution in [0.2, 0.25) is 0 Å². The number of benzene rings is 1. The second kappa shape index (κ2) is 5.93. The summed E-state index contributed by atoms with van der Waals surface area (Å²) in [5, 5.41) is 29.6. The van der Waals surface area contributed by atoms with Crippen molar-refractivity contribution in [1.82, 2.24) is 0 Å². The average Bonchev–Trinajstić information content (AvgIpc) is 2.41. The first-order chi connectivity index (χ1) is 8.81. The van der Waals surface area contributed by atoms with E-state index in [1.807, 2.05) is 0 Å². The quantitative estimate of drug-likeness (QED) is 0.569. The number of ether oxygens (including phenoxy) is 1. The zero-order valence-electron chi connectivity index (χ0n) is 11.6. The van der Waals surface area contributed by atoms with Gasteiger partial charge in [0, 0.05) is 5.56 Å². The number of carbonyl (C=O) groups excluding carboxylic acids is 1. The van der Waals surface area contributed by atoms with Gasteiger partial charge in [-0.05, 0) is 50.3 Å². The van der Waals surface area contributed by atoms with Gasteiger partial charge in [0.2, 0.25) is 0 Å². The molecular weight excluding hydrogens is 248 g/mol. The molecule has 0 aromatic heterocycles. The predicted octanol–water partition coefficient (Wildman–Crippen LogP) is 1.49. The summed E-state index contributed by atoms with van der Waals surface area (Å²) in [5.74, 6) is -0.465. The van der Waals surface area contributed by atoms with Gasteiger partial charge in [-0.15, -0.1) is 0 Å². The standard InChI is InChI=1S/C14H20O5/c1-7-8(2)13(17)10(9(3)12(7)16)5-6-11(15)14(18)19-4/h11,15-17H,5-6H2,1-4H3. The van der Waals surface area contributed by atoms with E-state index in [9.17, 15) is 20.1 Å². The van der Waals surface area contributed by atoms with Crippen LogP contribution in [-0.2, 0) is 16.0 Å². The van der Waals surface area contributed by atoms with Crippen molar-refractivity contribution in [3.05, 3.63) is 22.3 Å². The van der Waals surface area contributed by atoms with Crippen molar-refractivity contribution in [1.29, 1.82) is 0 Å². The third-order valence-electron chi connectivity index (χ3n) is 3.51. The number of aromatic hydroxyl groups is 2. The van der Waals surface area contributed by atoms with Crippen LogP contribution in [0.3, 0.4) is 0 Å². The molecular formula is C14H20O5. The van der Waals surface area contributed by atoms with Crippen LogP contribution in [0.1, 0.15) is 28.7 Å². The van der Waals surface area contributed by atoms with Crippen LogP contribution in [0.4, 0.5) is 0 Å². The molecule has 5 nitrogen and oxygen atoms in total. The third kappa shape index (κ3) is 2.98. The van der Waals surface area contributed by atoms with Crippen LogP contribution >= 0.6 is 0 Å². The monoisotopic (exact) mass is 268 g/mol. The Balaban J connectivity index is 3.00. The van der Waals surface area contributed by atoms with E-state index in [-0.39, 0.29) is 24.3 Å². The van der Waals surface area contributed by atoms with Crippen molar-refractivity contribution in [2.45, 2.75) is 39.7 Å². The van der Waals surface area contributed by atoms with Gasteiger partial charge in [0.15, 0.2) is 6.10 Å². The molecule has 3 N–H and O–H groups in total. The number of hydrogen-bond acceptors (Lipinski definition) is 5. The highest BCUT2D eigenvalue weighted by atomic mass is 16.5. The lowest BCUT2D eigenvalue weighted by atomic mass is 9.94. The summed E-state index contributed by atoms with van der Waals surface area (Å²) in [7, 11) is 1.20. The fraction of sp³-hybridized carbons (Fsp3) is 0.500. The summed E-state index contributed by atoms with van der Waals surface area (Å²) < 4.78 is 4.43. The van der Waals surface area contributed by atoms with Crippen molar-refractivity contribution >= 4 is 5.97 Å². The molecule has 0 saturated heterocycles. The van der Waals surface area contributed by atoms with E-state index in [1.165, 1.54) is 7.11 Å². The van der Waals surface area contributed by atoms with Gasteiger partial charge in [-0.2, -0.15) is 0 Å². The second-order valence-electron chi connectivity index (χ2n) is 4.63. The smallest absolute Gasteiger partial charge is 0.334 e. The van der Waals surface area contributed by atoms with Gasteiger partial charge in [-0.25, -0.2) is 4.79 Å². The van der Waals surface area contributed by atoms with Crippen LogP contribution < -0.4 is 0 Å². The number of rotatable bonds is 4. The molecule has 0 bridgehead atoms. The number of phenols is 2. The zero-order valence-corrected chi connectivity index (χ0v) is 11.6. The molecule has 0 aliphatic rings. The number of hydrogen-bond donors (Lipinski definition) is 3. The molecule has 1 rings (SSSR count). The van der Waals surface area contributed by atoms with E-state index in [4.69, 9.17) is 0 Å². The minimum absolute atomic E-state index is 0.102. The minimum Gasteiger partial charge on any atom is -0.507 e. The lowest BCUT2D eigenvalue weighted by molar-refractivity contribution is -0.150. The summed E-state index contributed by atoms with van der Waals surface area (Å²) >= 11 is 0. The molecule has 0 spiro atoms. The minimum atomic E-state index is -1.23. The van der Waals surface area contributed by atoms with Gasteiger partial charge < -0.3 is 20.1 Å². The number of carbonyl (C=O) groups is 1. The molecule has 0 aliphatic heterocycles. The third-order valence-corrected chi connectivity index (χ3v) is 3.51. The van der Waals surface area contributed by atoms with E-state index in [0.29, 0.717) is 22.3 Å². The van der Waals surface area contributed by atoms with Gasteiger partial charge in [-0.3, -0.25) is 0 Å². The molecule has 106 valence electrons. The van der Waals surface area contributed by atoms with Crippen molar-refractivity contribution < 1.29 is 24.9 Å². The molecule has 0 heterocycles. The van der Waals surface area contributed by atoms with Crippen LogP contribution in [0.25, 0.3) is 0 Å². The van der Waals surface area contributed by atoms with Gasteiger partial charge >= 0.3 is 5.97 Å². The Morgan fingerprint density at radius 3 is 2.16 bits per heavy atom. The molecule has 0 saturated carbocycles. The number of esters is 1. The zero-order chi connectivity index (χ0) is 14.7. The Morgan fingerprint density at radius 2 is 1.63 bits per heavy atom. The first kappa shape index (κ1) is 15.3. The van der Waals surface area contributed by atoms with Crippen molar-refractivity contribution in [2.75, 3.05) is 7.11 Å². The SMILES string of the molecule is COC(=O)C(O)CCc1c(C)c(O)c(C)c(C)c1O. The van der Waals surface area contributed by atoms with Gasteiger partial charge in [0.25, 0.3) is 0 Å². The van der Waals surface area contributed by atoms with Crippen LogP contribution in [0, 0.1) is 20.8 Å². The molecule has 1 aromatic carbocycles. The lowest BCUT2D eigenvalue weighted by Crippen LogP contribution is -2.22. The molecule has 1 unspecified atom stereocenters. The Morgan fingerprint density at radius 1 is 1.11 bits per heavy atom. The Bertz CT molecular complexity index is 464. The number of aliphatic hydroxyl groups excluding tert-OH is 1. The van der Waals surface area contributed by atoms with Crippen LogP contribution in [0.15, 0.2) is 0 Å². The number of aliphatic hydroxyl groups is 1. The lowest BCUT2D eigenvalue weighted by Gasteiger charge is -2.16.